The van der Waals surface area contributed by atoms with Gasteiger partial charge in [0.2, 0.25) is 0 Å². The van der Waals surface area contributed by atoms with Crippen LogP contribution in [0.2, 0.25) is 0 Å². The minimum atomic E-state index is -0.0113. The van der Waals surface area contributed by atoms with Gasteiger partial charge in [-0.1, -0.05) is 6.92 Å². The molecule has 5 heteroatoms. The molecule has 0 spiro atoms. The van der Waals surface area contributed by atoms with E-state index in [1.54, 1.807) is 0 Å². The van der Waals surface area contributed by atoms with Gasteiger partial charge in [0.05, 0.1) is 13.2 Å². The van der Waals surface area contributed by atoms with Crippen LogP contribution in [0.3, 0.4) is 0 Å². The Morgan fingerprint density at radius 2 is 1.95 bits per heavy atom. The van der Waals surface area contributed by atoms with Crippen molar-refractivity contribution in [2.45, 2.75) is 25.8 Å². The Morgan fingerprint density at radius 1 is 1.33 bits per heavy atom. The molecule has 1 aromatic rings. The lowest BCUT2D eigenvalue weighted by Gasteiger charge is -2.43. The van der Waals surface area contributed by atoms with Crippen molar-refractivity contribution >= 4 is 28.5 Å². The third kappa shape index (κ3) is 4.40. The number of carbonyl (C=O) groups excluding carboxylic acids is 1. The van der Waals surface area contributed by atoms with E-state index >= 15 is 0 Å². The zero-order valence-corrected chi connectivity index (χ0v) is 14.9. The fourth-order valence-corrected chi connectivity index (χ4v) is 2.90. The number of hydrogen-bond acceptors (Lipinski definition) is 3. The average molecular weight is 402 g/mol. The smallest absolute Gasteiger partial charge is 0.251 e. The molecule has 1 aliphatic heterocycles. The largest absolute Gasteiger partial charge is 0.379 e. The lowest BCUT2D eigenvalue weighted by atomic mass is 9.95. The molecule has 0 bridgehead atoms. The minimum Gasteiger partial charge on any atom is -0.379 e. The number of hydrogen-bond donors (Lipinski definition) is 1. The SMILES string of the molecule is CCC(C)(CNC(=O)c1ccc(I)cc1)N1CCOCC1. The van der Waals surface area contributed by atoms with E-state index in [9.17, 15) is 4.79 Å². The molecule has 0 saturated carbocycles. The first-order valence-corrected chi connectivity index (χ1v) is 8.49. The zero-order chi connectivity index (χ0) is 15.3. The van der Waals surface area contributed by atoms with E-state index < -0.39 is 0 Å². The first-order valence-electron chi connectivity index (χ1n) is 7.42. The molecule has 116 valence electrons. The molecule has 1 N–H and O–H groups in total. The second-order valence-electron chi connectivity index (χ2n) is 5.64. The van der Waals surface area contributed by atoms with Gasteiger partial charge in [0.1, 0.15) is 0 Å². The molecule has 0 radical (unpaired) electrons. The van der Waals surface area contributed by atoms with Gasteiger partial charge in [-0.3, -0.25) is 9.69 Å². The molecule has 0 aliphatic carbocycles. The lowest BCUT2D eigenvalue weighted by Crippen LogP contribution is -2.56. The predicted molar refractivity (Wildman–Crippen MR) is 92.6 cm³/mol. The van der Waals surface area contributed by atoms with Crippen molar-refractivity contribution < 1.29 is 9.53 Å². The van der Waals surface area contributed by atoms with Crippen LogP contribution in [0.15, 0.2) is 24.3 Å². The fourth-order valence-electron chi connectivity index (χ4n) is 2.54. The summed E-state index contributed by atoms with van der Waals surface area (Å²) in [5.74, 6) is -0.000616. The van der Waals surface area contributed by atoms with Crippen molar-refractivity contribution in [1.29, 1.82) is 0 Å². The Balaban J connectivity index is 1.95. The van der Waals surface area contributed by atoms with Crippen LogP contribution in [0.5, 0.6) is 0 Å². The predicted octanol–water partition coefficient (Wildman–Crippen LogP) is 2.52. The van der Waals surface area contributed by atoms with Crippen LogP contribution in [0, 0.1) is 3.57 Å². The summed E-state index contributed by atoms with van der Waals surface area (Å²) in [5, 5.41) is 3.08. The first kappa shape index (κ1) is 16.7. The maximum absolute atomic E-state index is 12.2. The summed E-state index contributed by atoms with van der Waals surface area (Å²) in [6.07, 6.45) is 1.000. The van der Waals surface area contributed by atoms with Gasteiger partial charge in [0, 0.05) is 34.3 Å². The van der Waals surface area contributed by atoms with Gasteiger partial charge in [-0.2, -0.15) is 0 Å². The number of rotatable bonds is 5. The lowest BCUT2D eigenvalue weighted by molar-refractivity contribution is -0.0169. The monoisotopic (exact) mass is 402 g/mol. The molecular weight excluding hydrogens is 379 g/mol. The highest BCUT2D eigenvalue weighted by molar-refractivity contribution is 14.1. The van der Waals surface area contributed by atoms with Gasteiger partial charge in [-0.05, 0) is 60.2 Å². The minimum absolute atomic E-state index is 0.000616. The maximum Gasteiger partial charge on any atom is 0.251 e. The standard InChI is InChI=1S/C16H23IN2O2/c1-3-16(2,19-8-10-21-11-9-19)12-18-15(20)13-4-6-14(17)7-5-13/h4-7H,3,8-12H2,1-2H3,(H,18,20). The summed E-state index contributed by atoms with van der Waals surface area (Å²) in [6, 6.07) is 7.65. The van der Waals surface area contributed by atoms with Gasteiger partial charge in [0.25, 0.3) is 5.91 Å². The van der Waals surface area contributed by atoms with Crippen LogP contribution >= 0.6 is 22.6 Å². The van der Waals surface area contributed by atoms with Crippen molar-refractivity contribution in [1.82, 2.24) is 10.2 Å². The molecule has 4 nitrogen and oxygen atoms in total. The second-order valence-corrected chi connectivity index (χ2v) is 6.89. The molecule has 1 aromatic carbocycles. The quantitative estimate of drug-likeness (QED) is 0.770. The third-order valence-corrected chi connectivity index (χ3v) is 4.99. The highest BCUT2D eigenvalue weighted by atomic mass is 127. The van der Waals surface area contributed by atoms with E-state index in [0.29, 0.717) is 6.54 Å². The molecule has 1 heterocycles. The summed E-state index contributed by atoms with van der Waals surface area (Å²) in [6.45, 7) is 8.47. The summed E-state index contributed by atoms with van der Waals surface area (Å²) < 4.78 is 6.55. The van der Waals surface area contributed by atoms with Crippen LogP contribution in [-0.4, -0.2) is 49.2 Å². The van der Waals surface area contributed by atoms with E-state index in [1.165, 1.54) is 0 Å². The number of ether oxygens (including phenoxy) is 1. The maximum atomic E-state index is 12.2. The van der Waals surface area contributed by atoms with Gasteiger partial charge < -0.3 is 10.1 Å². The van der Waals surface area contributed by atoms with Crippen molar-refractivity contribution in [3.63, 3.8) is 0 Å². The van der Waals surface area contributed by atoms with Crippen LogP contribution in [-0.2, 0) is 4.74 Å². The van der Waals surface area contributed by atoms with Gasteiger partial charge in [0.15, 0.2) is 0 Å². The van der Waals surface area contributed by atoms with E-state index in [1.807, 2.05) is 24.3 Å². The highest BCUT2D eigenvalue weighted by Gasteiger charge is 2.31. The number of nitrogens with one attached hydrogen (secondary N) is 1. The van der Waals surface area contributed by atoms with Crippen LogP contribution < -0.4 is 5.32 Å². The van der Waals surface area contributed by atoms with Gasteiger partial charge in [-0.15, -0.1) is 0 Å². The van der Waals surface area contributed by atoms with E-state index in [-0.39, 0.29) is 11.4 Å². The molecule has 1 fully saturated rings. The van der Waals surface area contributed by atoms with Gasteiger partial charge >= 0.3 is 0 Å². The Morgan fingerprint density at radius 3 is 2.52 bits per heavy atom. The fraction of sp³-hybridized carbons (Fsp3) is 0.562. The molecule has 1 unspecified atom stereocenters. The molecule has 0 aromatic heterocycles. The number of nitrogens with zero attached hydrogens (tertiary/aromatic N) is 1. The normalized spacial score (nSPS) is 19.0. The Labute approximate surface area is 140 Å². The van der Waals surface area contributed by atoms with Crippen LogP contribution in [0.25, 0.3) is 0 Å². The van der Waals surface area contributed by atoms with Crippen molar-refractivity contribution in [3.8, 4) is 0 Å². The summed E-state index contributed by atoms with van der Waals surface area (Å²) in [5.41, 5.74) is 0.707. The van der Waals surface area contributed by atoms with E-state index in [0.717, 1.165) is 41.9 Å². The number of halogens is 1. The zero-order valence-electron chi connectivity index (χ0n) is 12.7. The van der Waals surface area contributed by atoms with Crippen LogP contribution in [0.1, 0.15) is 30.6 Å². The Bertz CT molecular complexity index is 472. The highest BCUT2D eigenvalue weighted by Crippen LogP contribution is 2.20. The number of carbonyl (C=O) groups is 1. The molecular formula is C16H23IN2O2. The van der Waals surface area contributed by atoms with Crippen molar-refractivity contribution in [2.24, 2.45) is 0 Å². The molecule has 2 rings (SSSR count). The number of amides is 1. The summed E-state index contributed by atoms with van der Waals surface area (Å²) >= 11 is 2.24. The van der Waals surface area contributed by atoms with Crippen LogP contribution in [0.4, 0.5) is 0 Å². The van der Waals surface area contributed by atoms with E-state index in [2.05, 4.69) is 46.7 Å². The van der Waals surface area contributed by atoms with Gasteiger partial charge in [-0.25, -0.2) is 0 Å². The second kappa shape index (κ2) is 7.56. The first-order chi connectivity index (χ1) is 10.0. The third-order valence-electron chi connectivity index (χ3n) is 4.27. The van der Waals surface area contributed by atoms with Crippen molar-refractivity contribution in [2.75, 3.05) is 32.8 Å². The number of morpholine rings is 1. The summed E-state index contributed by atoms with van der Waals surface area (Å²) in [7, 11) is 0. The van der Waals surface area contributed by atoms with E-state index in [4.69, 9.17) is 4.74 Å². The number of benzene rings is 1. The van der Waals surface area contributed by atoms with Crippen molar-refractivity contribution in [3.05, 3.63) is 33.4 Å². The average Bonchev–Trinajstić information content (AvgIpc) is 2.54. The molecule has 1 aliphatic rings. The summed E-state index contributed by atoms with van der Waals surface area (Å²) in [4.78, 5) is 14.7. The molecule has 1 amide bonds. The molecule has 1 saturated heterocycles. The molecule has 1 atom stereocenters. The topological polar surface area (TPSA) is 41.6 Å². The molecule has 21 heavy (non-hydrogen) atoms. The Kier molecular flexibility index (Phi) is 6.01. The Hall–Kier alpha value is -0.660.